The Hall–Kier alpha value is -1.78. The van der Waals surface area contributed by atoms with Gasteiger partial charge in [-0.1, -0.05) is 12.1 Å². The highest BCUT2D eigenvalue weighted by atomic mass is 19.4. The quantitative estimate of drug-likeness (QED) is 0.611. The predicted molar refractivity (Wildman–Crippen MR) is 63.2 cm³/mol. The zero-order valence-corrected chi connectivity index (χ0v) is 10.4. The van der Waals surface area contributed by atoms with Crippen LogP contribution in [0.1, 0.15) is 22.8 Å². The van der Waals surface area contributed by atoms with Crippen molar-refractivity contribution in [1.82, 2.24) is 4.90 Å². The maximum atomic E-state index is 12.5. The Morgan fingerprint density at radius 2 is 1.89 bits per heavy atom. The summed E-state index contributed by atoms with van der Waals surface area (Å²) in [4.78, 5) is 13.5. The molecule has 0 aliphatic rings. The van der Waals surface area contributed by atoms with E-state index in [9.17, 15) is 18.0 Å². The number of carbonyl (C=O) groups is 1. The van der Waals surface area contributed by atoms with E-state index >= 15 is 0 Å². The number of ketones is 1. The van der Waals surface area contributed by atoms with Crippen LogP contribution in [0.15, 0.2) is 36.0 Å². The second-order valence-electron chi connectivity index (χ2n) is 4.12. The van der Waals surface area contributed by atoms with Gasteiger partial charge < -0.3 is 4.90 Å². The molecule has 0 heterocycles. The molecule has 0 saturated heterocycles. The molecule has 0 saturated carbocycles. The molecule has 0 N–H and O–H groups in total. The summed E-state index contributed by atoms with van der Waals surface area (Å²) in [6, 6.07) is 4.41. The van der Waals surface area contributed by atoms with Crippen LogP contribution in [0.3, 0.4) is 0 Å². The van der Waals surface area contributed by atoms with Crippen molar-refractivity contribution in [2.45, 2.75) is 13.1 Å². The van der Waals surface area contributed by atoms with E-state index in [-0.39, 0.29) is 5.56 Å². The Morgan fingerprint density at radius 3 is 2.39 bits per heavy atom. The summed E-state index contributed by atoms with van der Waals surface area (Å²) in [5, 5.41) is 0. The van der Waals surface area contributed by atoms with E-state index in [1.807, 2.05) is 0 Å². The van der Waals surface area contributed by atoms with E-state index in [4.69, 9.17) is 0 Å². The minimum atomic E-state index is -4.43. The lowest BCUT2D eigenvalue weighted by Crippen LogP contribution is -2.11. The summed E-state index contributed by atoms with van der Waals surface area (Å²) in [6.45, 7) is 1.71. The molecule has 0 spiro atoms. The van der Waals surface area contributed by atoms with Gasteiger partial charge in [0, 0.05) is 31.4 Å². The van der Waals surface area contributed by atoms with Crippen molar-refractivity contribution in [3.63, 3.8) is 0 Å². The second kappa shape index (κ2) is 5.25. The van der Waals surface area contributed by atoms with Crippen molar-refractivity contribution >= 4 is 5.78 Å². The number of nitrogens with zero attached hydrogens (tertiary/aromatic N) is 1. The number of alkyl halides is 3. The average Bonchev–Trinajstić information content (AvgIpc) is 2.27. The first-order valence-corrected chi connectivity index (χ1v) is 5.29. The van der Waals surface area contributed by atoms with E-state index in [1.165, 1.54) is 18.2 Å². The van der Waals surface area contributed by atoms with E-state index in [1.54, 1.807) is 25.9 Å². The molecule has 0 aromatic heterocycles. The average molecular weight is 257 g/mol. The molecule has 1 aromatic carbocycles. The Bertz CT molecular complexity index is 475. The van der Waals surface area contributed by atoms with Crippen LogP contribution < -0.4 is 0 Å². The molecule has 18 heavy (non-hydrogen) atoms. The van der Waals surface area contributed by atoms with Gasteiger partial charge in [-0.15, -0.1) is 0 Å². The largest absolute Gasteiger partial charge is 0.416 e. The van der Waals surface area contributed by atoms with Crippen molar-refractivity contribution in [1.29, 1.82) is 0 Å². The number of carbonyl (C=O) groups excluding carboxylic acids is 1. The lowest BCUT2D eigenvalue weighted by molar-refractivity contribution is -0.137. The Labute approximate surface area is 104 Å². The molecule has 5 heteroatoms. The maximum Gasteiger partial charge on any atom is 0.416 e. The van der Waals surface area contributed by atoms with Gasteiger partial charge in [0.25, 0.3) is 0 Å². The molecular weight excluding hydrogens is 243 g/mol. The zero-order valence-electron chi connectivity index (χ0n) is 10.4. The van der Waals surface area contributed by atoms with Crippen molar-refractivity contribution in [3.05, 3.63) is 47.2 Å². The van der Waals surface area contributed by atoms with Gasteiger partial charge in [0.05, 0.1) is 5.56 Å². The van der Waals surface area contributed by atoms with Crippen LogP contribution in [0.2, 0.25) is 0 Å². The van der Waals surface area contributed by atoms with E-state index in [0.29, 0.717) is 5.70 Å². The second-order valence-corrected chi connectivity index (χ2v) is 4.12. The fraction of sp³-hybridized carbons (Fsp3) is 0.308. The standard InChI is InChI=1S/C13H14F3NO/c1-9(17(2)3)7-12(18)10-5-4-6-11(8-10)13(14,15)16/h4-8H,1-3H3/b9-7-. The van der Waals surface area contributed by atoms with Gasteiger partial charge in [-0.3, -0.25) is 4.79 Å². The molecule has 0 amide bonds. The van der Waals surface area contributed by atoms with E-state index in [0.717, 1.165) is 12.1 Å². The van der Waals surface area contributed by atoms with Crippen LogP contribution in [-0.4, -0.2) is 24.8 Å². The zero-order chi connectivity index (χ0) is 13.9. The minimum absolute atomic E-state index is 0.0334. The van der Waals surface area contributed by atoms with Crippen molar-refractivity contribution < 1.29 is 18.0 Å². The molecule has 0 fully saturated rings. The van der Waals surface area contributed by atoms with Gasteiger partial charge in [-0.25, -0.2) is 0 Å². The van der Waals surface area contributed by atoms with Gasteiger partial charge in [0.2, 0.25) is 0 Å². The highest BCUT2D eigenvalue weighted by molar-refractivity contribution is 6.04. The summed E-state index contributed by atoms with van der Waals surface area (Å²) in [5.41, 5.74) is -0.104. The molecule has 0 bridgehead atoms. The lowest BCUT2D eigenvalue weighted by Gasteiger charge is -2.12. The lowest BCUT2D eigenvalue weighted by atomic mass is 10.1. The molecule has 98 valence electrons. The summed E-state index contributed by atoms with van der Waals surface area (Å²) >= 11 is 0. The summed E-state index contributed by atoms with van der Waals surface area (Å²) in [5.74, 6) is -0.438. The third-order valence-corrected chi connectivity index (χ3v) is 2.52. The van der Waals surface area contributed by atoms with E-state index < -0.39 is 17.5 Å². The number of hydrogen-bond donors (Lipinski definition) is 0. The van der Waals surface area contributed by atoms with Crippen LogP contribution in [0.4, 0.5) is 13.2 Å². The first kappa shape index (κ1) is 14.3. The predicted octanol–water partition coefficient (Wildman–Crippen LogP) is 3.35. The fourth-order valence-corrected chi connectivity index (χ4v) is 1.25. The highest BCUT2D eigenvalue weighted by Crippen LogP contribution is 2.29. The van der Waals surface area contributed by atoms with Gasteiger partial charge in [0.1, 0.15) is 0 Å². The van der Waals surface area contributed by atoms with Crippen molar-refractivity contribution in [2.24, 2.45) is 0 Å². The third kappa shape index (κ3) is 3.61. The SMILES string of the molecule is C/C(=C/C(=O)c1cccc(C(F)(F)F)c1)N(C)C. The molecular formula is C13H14F3NO. The highest BCUT2D eigenvalue weighted by Gasteiger charge is 2.30. The molecule has 0 radical (unpaired) electrons. The number of allylic oxidation sites excluding steroid dienone is 2. The van der Waals surface area contributed by atoms with Gasteiger partial charge >= 0.3 is 6.18 Å². The van der Waals surface area contributed by atoms with Crippen LogP contribution in [-0.2, 0) is 6.18 Å². The van der Waals surface area contributed by atoms with Crippen LogP contribution in [0, 0.1) is 0 Å². The van der Waals surface area contributed by atoms with Crippen LogP contribution >= 0.6 is 0 Å². The Kier molecular flexibility index (Phi) is 4.16. The van der Waals surface area contributed by atoms with Crippen molar-refractivity contribution in [3.8, 4) is 0 Å². The van der Waals surface area contributed by atoms with E-state index in [2.05, 4.69) is 0 Å². The van der Waals surface area contributed by atoms with Crippen molar-refractivity contribution in [2.75, 3.05) is 14.1 Å². The summed E-state index contributed by atoms with van der Waals surface area (Å²) in [6.07, 6.45) is -3.12. The molecule has 2 nitrogen and oxygen atoms in total. The first-order chi connectivity index (χ1) is 8.21. The molecule has 1 rings (SSSR count). The van der Waals surface area contributed by atoms with Gasteiger partial charge in [-0.2, -0.15) is 13.2 Å². The third-order valence-electron chi connectivity index (χ3n) is 2.52. The molecule has 0 unspecified atom stereocenters. The molecule has 0 atom stereocenters. The van der Waals surface area contributed by atoms with Gasteiger partial charge in [0.15, 0.2) is 5.78 Å². The number of rotatable bonds is 3. The van der Waals surface area contributed by atoms with Gasteiger partial charge in [-0.05, 0) is 19.1 Å². The number of hydrogen-bond acceptors (Lipinski definition) is 2. The normalized spacial score (nSPS) is 12.4. The molecule has 0 aliphatic heterocycles. The number of benzene rings is 1. The smallest absolute Gasteiger partial charge is 0.381 e. The Balaban J connectivity index is 3.05. The first-order valence-electron chi connectivity index (χ1n) is 5.29. The Morgan fingerprint density at radius 1 is 1.28 bits per heavy atom. The summed E-state index contributed by atoms with van der Waals surface area (Å²) < 4.78 is 37.5. The monoisotopic (exact) mass is 257 g/mol. The number of halogens is 3. The maximum absolute atomic E-state index is 12.5. The van der Waals surface area contributed by atoms with Crippen LogP contribution in [0.5, 0.6) is 0 Å². The topological polar surface area (TPSA) is 20.3 Å². The molecule has 1 aromatic rings. The van der Waals surface area contributed by atoms with Crippen LogP contribution in [0.25, 0.3) is 0 Å². The summed E-state index contributed by atoms with van der Waals surface area (Å²) in [7, 11) is 3.51. The molecule has 0 aliphatic carbocycles. The fourth-order valence-electron chi connectivity index (χ4n) is 1.25. The minimum Gasteiger partial charge on any atom is -0.381 e.